The van der Waals surface area contributed by atoms with Gasteiger partial charge in [-0.3, -0.25) is 19.2 Å². The van der Waals surface area contributed by atoms with Crippen LogP contribution in [0.25, 0.3) is 10.9 Å². The van der Waals surface area contributed by atoms with Crippen molar-refractivity contribution in [3.05, 3.63) is 72.5 Å². The first-order valence-corrected chi connectivity index (χ1v) is 34.2. The molecule has 1 aromatic carbocycles. The van der Waals surface area contributed by atoms with Crippen molar-refractivity contribution in [2.45, 2.75) is 309 Å². The van der Waals surface area contributed by atoms with E-state index < -0.39 is 5.54 Å². The minimum absolute atomic E-state index is 0.153. The lowest BCUT2D eigenvalue weighted by Crippen LogP contribution is -2.59. The predicted molar refractivity (Wildman–Crippen MR) is 346 cm³/mol. The normalized spacial score (nSPS) is 12.0. The molecule has 1 aromatic heterocycles. The summed E-state index contributed by atoms with van der Waals surface area (Å²) < 4.78 is 17.8. The second-order valence-corrected chi connectivity index (χ2v) is 24.0. The first-order valence-electron chi connectivity index (χ1n) is 34.2. The maximum Gasteiger partial charge on any atom is 0.305 e. The van der Waals surface area contributed by atoms with Crippen LogP contribution in [0.1, 0.15) is 302 Å². The van der Waals surface area contributed by atoms with Crippen LogP contribution in [0.4, 0.5) is 0 Å². The molecular weight excluding hydrogens is 1020 g/mol. The minimum Gasteiger partial charge on any atom is -0.463 e. The average Bonchev–Trinajstić information content (AvgIpc) is 3.96. The molecule has 0 atom stereocenters. The van der Waals surface area contributed by atoms with Crippen molar-refractivity contribution in [3.8, 4) is 0 Å². The summed E-state index contributed by atoms with van der Waals surface area (Å²) in [5.74, 6) is -1.44. The lowest BCUT2D eigenvalue weighted by molar-refractivity contribution is -0.159. The van der Waals surface area contributed by atoms with Crippen molar-refractivity contribution in [1.29, 1.82) is 0 Å². The molecule has 468 valence electrons. The third-order valence-electron chi connectivity index (χ3n) is 16.0. The number of allylic oxidation sites excluding steroid dienone is 6. The molecule has 10 heteroatoms. The number of para-hydroxylation sites is 1. The van der Waals surface area contributed by atoms with E-state index >= 15 is 0 Å². The Hall–Kier alpha value is -4.18. The van der Waals surface area contributed by atoms with Gasteiger partial charge in [0, 0.05) is 55.9 Å². The van der Waals surface area contributed by atoms with Crippen LogP contribution in [0.5, 0.6) is 0 Å². The summed E-state index contributed by atoms with van der Waals surface area (Å²) in [7, 11) is 2.00. The molecule has 1 heterocycles. The Morgan fingerprint density at radius 2 is 0.768 bits per heavy atom. The Balaban J connectivity index is 2.01. The third kappa shape index (κ3) is 42.6. The van der Waals surface area contributed by atoms with Crippen molar-refractivity contribution >= 4 is 34.7 Å². The maximum absolute atomic E-state index is 14.0. The molecule has 0 unspecified atom stereocenters. The zero-order chi connectivity index (χ0) is 59.1. The third-order valence-corrected chi connectivity index (χ3v) is 16.0. The smallest absolute Gasteiger partial charge is 0.305 e. The number of hydrogen-bond acceptors (Lipinski definition) is 8. The summed E-state index contributed by atoms with van der Waals surface area (Å²) in [6.45, 7) is 7.17. The molecule has 82 heavy (non-hydrogen) atoms. The van der Waals surface area contributed by atoms with Gasteiger partial charge >= 0.3 is 17.9 Å². The number of aromatic amines is 1. The molecule has 0 saturated carbocycles. The molecular formula is C72H123N3O7. The monoisotopic (exact) mass is 1140 g/mol. The van der Waals surface area contributed by atoms with Gasteiger partial charge in [-0.05, 0) is 121 Å². The molecule has 0 aliphatic carbocycles. The highest BCUT2D eigenvalue weighted by atomic mass is 16.6. The summed E-state index contributed by atoms with van der Waals surface area (Å²) in [5, 5.41) is 4.29. The van der Waals surface area contributed by atoms with Gasteiger partial charge in [-0.25, -0.2) is 0 Å². The largest absolute Gasteiger partial charge is 0.463 e. The molecule has 2 rings (SSSR count). The fourth-order valence-corrected chi connectivity index (χ4v) is 10.5. The van der Waals surface area contributed by atoms with Crippen LogP contribution in [0.15, 0.2) is 66.9 Å². The van der Waals surface area contributed by atoms with E-state index in [0.29, 0.717) is 25.8 Å². The number of ether oxygens (including phenoxy) is 3. The van der Waals surface area contributed by atoms with Crippen LogP contribution < -0.4 is 5.32 Å². The Bertz CT molecular complexity index is 1800. The summed E-state index contributed by atoms with van der Waals surface area (Å²) in [4.78, 5) is 59.7. The predicted octanol–water partition coefficient (Wildman–Crippen LogP) is 19.6. The number of nitrogens with one attached hydrogen (secondary N) is 2. The van der Waals surface area contributed by atoms with Gasteiger partial charge in [0.2, 0.25) is 5.91 Å². The minimum atomic E-state index is -1.45. The van der Waals surface area contributed by atoms with Gasteiger partial charge in [0.1, 0.15) is 25.4 Å². The quantitative estimate of drug-likeness (QED) is 0.0290. The molecule has 0 bridgehead atoms. The molecule has 0 radical (unpaired) electrons. The van der Waals surface area contributed by atoms with E-state index in [0.717, 1.165) is 115 Å². The number of hydrogen-bond donors (Lipinski definition) is 2. The van der Waals surface area contributed by atoms with Crippen LogP contribution in [0.3, 0.4) is 0 Å². The van der Waals surface area contributed by atoms with Gasteiger partial charge in [0.25, 0.3) is 0 Å². The van der Waals surface area contributed by atoms with Crippen molar-refractivity contribution in [2.75, 3.05) is 40.0 Å². The van der Waals surface area contributed by atoms with E-state index in [1.165, 1.54) is 146 Å². The standard InChI is InChI=1S/C72H123N3O7/c1-5-8-11-14-17-20-23-26-29-32-35-38-41-44-47-54-69(77)80-62-72(74-68(76)58-60-75(4)59-57-65-61-73-67-53-51-50-52-66(65)67,63-81-70(78)55-48-45-42-39-36-33-30-27-24-21-18-15-12-9-6-2)64-82-71(79)56-49-46-43-40-37-34-31-28-25-22-19-16-13-10-7-3/h26-31,50-53,61,73H,5-25,32-49,54-60,62-64H2,1-4H3,(H,74,76)/b29-26-,30-27-,31-28-. The molecule has 10 nitrogen and oxygen atoms in total. The van der Waals surface area contributed by atoms with Crippen LogP contribution >= 0.6 is 0 Å². The fourth-order valence-electron chi connectivity index (χ4n) is 10.5. The second kappa shape index (κ2) is 53.5. The summed E-state index contributed by atoms with van der Waals surface area (Å²) in [5.41, 5.74) is 0.877. The number of amides is 1. The molecule has 0 spiro atoms. The first kappa shape index (κ1) is 73.9. The number of likely N-dealkylation sites (N-methyl/N-ethyl adjacent to an activating group) is 1. The van der Waals surface area contributed by atoms with Crippen molar-refractivity contribution < 1.29 is 33.4 Å². The number of carbonyl (C=O) groups excluding carboxylic acids is 4. The molecule has 0 fully saturated rings. The number of aromatic nitrogens is 1. The number of unbranched alkanes of at least 4 members (excludes halogenated alkanes) is 33. The number of fused-ring (bicyclic) bond motifs is 1. The SMILES string of the molecule is CCCCCCCC/C=C\CCCCCCCC(=O)OCC(COC(=O)CCCCCCC/C=C\CCCCCCCC)(COC(=O)CCCCCCC/C=C\CCCCCCCC)NC(=O)CCN(C)CCc1c[nH]c2ccccc12. The van der Waals surface area contributed by atoms with E-state index in [4.69, 9.17) is 14.2 Å². The summed E-state index contributed by atoms with van der Waals surface area (Å²) in [6.07, 6.45) is 63.2. The van der Waals surface area contributed by atoms with E-state index in [1.807, 2.05) is 19.2 Å². The lowest BCUT2D eigenvalue weighted by atomic mass is 10.0. The Labute approximate surface area is 502 Å². The molecule has 0 aliphatic rings. The number of nitrogens with zero attached hydrogens (tertiary/aromatic N) is 1. The van der Waals surface area contributed by atoms with Crippen LogP contribution in [-0.4, -0.2) is 79.2 Å². The van der Waals surface area contributed by atoms with Gasteiger partial charge in [0.15, 0.2) is 0 Å². The number of carbonyl (C=O) groups is 4. The maximum atomic E-state index is 14.0. The Morgan fingerprint density at radius 1 is 0.439 bits per heavy atom. The number of esters is 3. The Morgan fingerprint density at radius 3 is 1.13 bits per heavy atom. The zero-order valence-electron chi connectivity index (χ0n) is 53.3. The second-order valence-electron chi connectivity index (χ2n) is 24.0. The van der Waals surface area contributed by atoms with Gasteiger partial charge in [-0.2, -0.15) is 0 Å². The van der Waals surface area contributed by atoms with E-state index in [2.05, 4.69) is 90.8 Å². The van der Waals surface area contributed by atoms with E-state index in [-0.39, 0.29) is 69.3 Å². The van der Waals surface area contributed by atoms with Crippen LogP contribution in [0, 0.1) is 0 Å². The topological polar surface area (TPSA) is 127 Å². The van der Waals surface area contributed by atoms with Gasteiger partial charge in [-0.15, -0.1) is 0 Å². The van der Waals surface area contributed by atoms with Gasteiger partial charge < -0.3 is 29.4 Å². The Kier molecular flexibility index (Phi) is 48.3. The zero-order valence-corrected chi connectivity index (χ0v) is 53.3. The van der Waals surface area contributed by atoms with Gasteiger partial charge in [0.05, 0.1) is 0 Å². The summed E-state index contributed by atoms with van der Waals surface area (Å²) in [6, 6.07) is 8.26. The fraction of sp³-hybridized carbons (Fsp3) is 0.750. The molecule has 2 aromatic rings. The lowest BCUT2D eigenvalue weighted by Gasteiger charge is -2.33. The summed E-state index contributed by atoms with van der Waals surface area (Å²) >= 11 is 0. The van der Waals surface area contributed by atoms with E-state index in [9.17, 15) is 19.2 Å². The highest BCUT2D eigenvalue weighted by Crippen LogP contribution is 2.20. The average molecular weight is 1140 g/mol. The molecule has 2 N–H and O–H groups in total. The highest BCUT2D eigenvalue weighted by Gasteiger charge is 2.37. The first-order chi connectivity index (χ1) is 40.2. The molecule has 0 aliphatic heterocycles. The highest BCUT2D eigenvalue weighted by molar-refractivity contribution is 5.83. The molecule has 1 amide bonds. The number of rotatable bonds is 58. The van der Waals surface area contributed by atoms with Gasteiger partial charge in [-0.1, -0.05) is 230 Å². The number of benzene rings is 1. The molecule has 0 saturated heterocycles. The van der Waals surface area contributed by atoms with Crippen LogP contribution in [-0.2, 0) is 39.8 Å². The number of H-pyrrole nitrogens is 1. The van der Waals surface area contributed by atoms with Crippen molar-refractivity contribution in [1.82, 2.24) is 15.2 Å². The van der Waals surface area contributed by atoms with Crippen molar-refractivity contribution in [2.24, 2.45) is 0 Å². The van der Waals surface area contributed by atoms with Crippen molar-refractivity contribution in [3.63, 3.8) is 0 Å². The van der Waals surface area contributed by atoms with Crippen LogP contribution in [0.2, 0.25) is 0 Å². The van der Waals surface area contributed by atoms with E-state index in [1.54, 1.807) is 0 Å².